The van der Waals surface area contributed by atoms with Crippen LogP contribution in [0.25, 0.3) is 21.9 Å². The van der Waals surface area contributed by atoms with Crippen LogP contribution in [0, 0.1) is 11.8 Å². The Kier molecular flexibility index (Phi) is 23.8. The van der Waals surface area contributed by atoms with E-state index in [-0.39, 0.29) is 0 Å². The van der Waals surface area contributed by atoms with Crippen molar-refractivity contribution >= 4 is 10.8 Å². The lowest BCUT2D eigenvalue weighted by Crippen LogP contribution is -1.97. The van der Waals surface area contributed by atoms with Crippen molar-refractivity contribution in [2.24, 2.45) is 11.8 Å². The lowest BCUT2D eigenvalue weighted by atomic mass is 9.96. The largest absolute Gasteiger partial charge is 0.508 e. The van der Waals surface area contributed by atoms with Crippen LogP contribution in [0.5, 0.6) is 11.5 Å². The quantitative estimate of drug-likeness (QED) is 0.151. The third-order valence-electron chi connectivity index (χ3n) is 16.2. The van der Waals surface area contributed by atoms with Crippen molar-refractivity contribution in [1.29, 1.82) is 0 Å². The summed E-state index contributed by atoms with van der Waals surface area (Å²) in [6.07, 6.45) is 7.24. The number of fused-ring (bicyclic) bond motifs is 3. The Morgan fingerprint density at radius 2 is 0.676 bits per heavy atom. The molecule has 8 atom stereocenters. The van der Waals surface area contributed by atoms with E-state index in [0.717, 1.165) is 36.5 Å². The van der Waals surface area contributed by atoms with Crippen LogP contribution >= 0.6 is 0 Å². The number of phenolic OH excluding ortho intramolecular Hbond substituents is 2. The van der Waals surface area contributed by atoms with Crippen LogP contribution in [0.1, 0.15) is 189 Å². The molecule has 0 radical (unpaired) electrons. The monoisotopic (exact) mass is 987 g/mol. The molecule has 2 heteroatoms. The Morgan fingerprint density at radius 1 is 0.351 bits per heavy atom. The van der Waals surface area contributed by atoms with Gasteiger partial charge in [0.25, 0.3) is 0 Å². The number of aromatic hydroxyl groups is 2. The fourth-order valence-electron chi connectivity index (χ4n) is 9.69. The van der Waals surface area contributed by atoms with Crippen molar-refractivity contribution in [2.75, 3.05) is 0 Å². The second kappa shape index (κ2) is 30.1. The zero-order valence-electron chi connectivity index (χ0n) is 47.2. The zero-order chi connectivity index (χ0) is 53.6. The lowest BCUT2D eigenvalue weighted by Gasteiger charge is -2.09. The highest BCUT2D eigenvalue weighted by Gasteiger charge is 2.25. The summed E-state index contributed by atoms with van der Waals surface area (Å²) < 4.78 is 0. The van der Waals surface area contributed by atoms with E-state index in [2.05, 4.69) is 229 Å². The fraction of sp³-hybridized carbons (Fsp3) is 0.361. The van der Waals surface area contributed by atoms with Crippen molar-refractivity contribution in [3.05, 3.63) is 239 Å². The number of hydrogen-bond acceptors (Lipinski definition) is 2. The molecule has 2 nitrogen and oxygen atoms in total. The highest BCUT2D eigenvalue weighted by atomic mass is 16.3. The van der Waals surface area contributed by atoms with Crippen LogP contribution in [-0.2, 0) is 12.8 Å². The molecular weight excluding hydrogens is 897 g/mol. The van der Waals surface area contributed by atoms with Crippen LogP contribution in [0.15, 0.2) is 194 Å². The molecule has 2 aliphatic rings. The first-order chi connectivity index (χ1) is 35.7. The fourth-order valence-corrected chi connectivity index (χ4v) is 9.69. The number of phenols is 2. The highest BCUT2D eigenvalue weighted by Crippen LogP contribution is 2.38. The predicted molar refractivity (Wildman–Crippen MR) is 322 cm³/mol. The molecule has 0 amide bonds. The second-order valence-corrected chi connectivity index (χ2v) is 21.4. The standard InChI is InChI=1S/C16H18.C14H16.2C11H14.2C10H14O/c1-3-13(2)14-9-11-16(12-10-14)15-7-5-4-6-8-15;1-3-11(2)13-9-8-12-6-4-5-7-14(12)10-13;2*1-8-7-10-5-3-4-6-11(10)9(8)2;2*1-3-8(2)9-4-6-10(11)7-5-9/h4-13H,3H2,1-2H3;4-11H,3H2,1-2H3;2*3-6,8-9H,7H2,1-2H3;2*4-8,11H,3H2,1-2H3. The van der Waals surface area contributed by atoms with Gasteiger partial charge in [-0.2, -0.15) is 0 Å². The molecule has 8 aromatic carbocycles. The van der Waals surface area contributed by atoms with E-state index in [4.69, 9.17) is 10.2 Å². The van der Waals surface area contributed by atoms with Crippen molar-refractivity contribution in [2.45, 2.75) is 157 Å². The molecule has 390 valence electrons. The molecule has 10 rings (SSSR count). The third kappa shape index (κ3) is 17.4. The molecule has 0 heterocycles. The van der Waals surface area contributed by atoms with E-state index in [9.17, 15) is 0 Å². The van der Waals surface area contributed by atoms with Gasteiger partial charge in [-0.3, -0.25) is 0 Å². The summed E-state index contributed by atoms with van der Waals surface area (Å²) in [5.41, 5.74) is 14.3. The highest BCUT2D eigenvalue weighted by molar-refractivity contribution is 5.83. The summed E-state index contributed by atoms with van der Waals surface area (Å²) in [4.78, 5) is 0. The molecule has 0 aliphatic heterocycles. The van der Waals surface area contributed by atoms with Crippen molar-refractivity contribution in [3.8, 4) is 22.6 Å². The first-order valence-corrected chi connectivity index (χ1v) is 28.0. The topological polar surface area (TPSA) is 40.5 Å². The van der Waals surface area contributed by atoms with E-state index < -0.39 is 0 Å². The molecule has 0 saturated heterocycles. The molecule has 0 aromatic heterocycles. The minimum absolute atomic E-state index is 0.344. The SMILES string of the molecule is CC1Cc2ccccc2C1C.CC1Cc2ccccc2C1C.CCC(C)c1ccc(-c2ccccc2)cc1.CCC(C)c1ccc(O)cc1.CCC(C)c1ccc(O)cc1.CCC(C)c1ccc2ccccc2c1. The molecule has 0 fully saturated rings. The maximum Gasteiger partial charge on any atom is 0.115 e. The van der Waals surface area contributed by atoms with Gasteiger partial charge in [0.2, 0.25) is 0 Å². The van der Waals surface area contributed by atoms with E-state index in [0.29, 0.717) is 35.2 Å². The molecule has 0 spiro atoms. The Balaban J connectivity index is 0.000000166. The van der Waals surface area contributed by atoms with Gasteiger partial charge in [-0.05, 0) is 177 Å². The Morgan fingerprint density at radius 3 is 1.08 bits per heavy atom. The number of rotatable bonds is 9. The number of benzene rings is 8. The van der Waals surface area contributed by atoms with Crippen molar-refractivity contribution < 1.29 is 10.2 Å². The van der Waals surface area contributed by atoms with Gasteiger partial charge in [-0.25, -0.2) is 0 Å². The first kappa shape index (κ1) is 58.5. The Labute approximate surface area is 449 Å². The molecule has 2 N–H and O–H groups in total. The normalized spacial score (nSPS) is 17.5. The predicted octanol–water partition coefficient (Wildman–Crippen LogP) is 21.0. The van der Waals surface area contributed by atoms with Gasteiger partial charge >= 0.3 is 0 Å². The Bertz CT molecular complexity index is 2700. The van der Waals surface area contributed by atoms with Crippen LogP contribution in [0.4, 0.5) is 0 Å². The van der Waals surface area contributed by atoms with E-state index in [1.165, 1.54) is 69.8 Å². The molecule has 74 heavy (non-hydrogen) atoms. The molecular formula is C72H90O2. The summed E-state index contributed by atoms with van der Waals surface area (Å²) in [6.45, 7) is 27.1. The maximum absolute atomic E-state index is 9.01. The van der Waals surface area contributed by atoms with Gasteiger partial charge in [0.1, 0.15) is 11.5 Å². The van der Waals surface area contributed by atoms with Crippen molar-refractivity contribution in [3.63, 3.8) is 0 Å². The first-order valence-electron chi connectivity index (χ1n) is 28.0. The average Bonchev–Trinajstić information content (AvgIpc) is 3.91. The average molecular weight is 988 g/mol. The summed E-state index contributed by atoms with van der Waals surface area (Å²) in [5, 5.41) is 20.7. The molecule has 0 bridgehead atoms. The minimum atomic E-state index is 0.344. The van der Waals surface area contributed by atoms with Gasteiger partial charge in [-0.15, -0.1) is 0 Å². The zero-order valence-corrected chi connectivity index (χ0v) is 47.2. The summed E-state index contributed by atoms with van der Waals surface area (Å²) in [6, 6.07) is 67.2. The summed E-state index contributed by atoms with van der Waals surface area (Å²) >= 11 is 0. The molecule has 2 aliphatic carbocycles. The van der Waals surface area contributed by atoms with E-state index in [1.807, 2.05) is 24.3 Å². The van der Waals surface area contributed by atoms with Gasteiger partial charge in [0, 0.05) is 0 Å². The lowest BCUT2D eigenvalue weighted by molar-refractivity contribution is 0.474. The smallest absolute Gasteiger partial charge is 0.115 e. The summed E-state index contributed by atoms with van der Waals surface area (Å²) in [7, 11) is 0. The summed E-state index contributed by atoms with van der Waals surface area (Å²) in [5.74, 6) is 6.42. The van der Waals surface area contributed by atoms with E-state index >= 15 is 0 Å². The van der Waals surface area contributed by atoms with Crippen LogP contribution in [0.2, 0.25) is 0 Å². The van der Waals surface area contributed by atoms with E-state index in [1.54, 1.807) is 46.5 Å². The van der Waals surface area contributed by atoms with Crippen LogP contribution in [0.3, 0.4) is 0 Å². The molecule has 8 aromatic rings. The van der Waals surface area contributed by atoms with Crippen LogP contribution < -0.4 is 0 Å². The number of hydrogen-bond donors (Lipinski definition) is 2. The Hall–Kier alpha value is -6.38. The van der Waals surface area contributed by atoms with Gasteiger partial charge < -0.3 is 10.2 Å². The second-order valence-electron chi connectivity index (χ2n) is 21.4. The van der Waals surface area contributed by atoms with Crippen LogP contribution in [-0.4, -0.2) is 10.2 Å². The van der Waals surface area contributed by atoms with Gasteiger partial charge in [0.05, 0.1) is 0 Å². The minimum Gasteiger partial charge on any atom is -0.508 e. The van der Waals surface area contributed by atoms with Crippen molar-refractivity contribution in [1.82, 2.24) is 0 Å². The molecule has 0 saturated carbocycles. The maximum atomic E-state index is 9.01. The molecule has 8 unspecified atom stereocenters. The van der Waals surface area contributed by atoms with Gasteiger partial charge in [0.15, 0.2) is 0 Å². The van der Waals surface area contributed by atoms with Gasteiger partial charge in [-0.1, -0.05) is 253 Å². The third-order valence-corrected chi connectivity index (χ3v) is 16.2.